The van der Waals surface area contributed by atoms with Crippen molar-refractivity contribution in [3.05, 3.63) is 78.4 Å². The fourth-order valence-corrected chi connectivity index (χ4v) is 3.38. The molecule has 0 unspecified atom stereocenters. The molecule has 2 aromatic carbocycles. The van der Waals surface area contributed by atoms with E-state index in [0.717, 1.165) is 47.2 Å². The van der Waals surface area contributed by atoms with E-state index >= 15 is 0 Å². The van der Waals surface area contributed by atoms with Crippen LogP contribution in [-0.4, -0.2) is 33.4 Å². The highest BCUT2D eigenvalue weighted by atomic mass is 16.5. The smallest absolute Gasteiger partial charge is 0.130 e. The molecular weight excluding hydrogens is 374 g/mol. The molecule has 0 fully saturated rings. The number of methoxy groups -OCH3 is 1. The second-order valence-electron chi connectivity index (χ2n) is 7.19. The molecule has 0 aliphatic heterocycles. The Bertz CT molecular complexity index is 1130. The molecule has 152 valence electrons. The van der Waals surface area contributed by atoms with Crippen LogP contribution in [0.2, 0.25) is 0 Å². The van der Waals surface area contributed by atoms with Crippen LogP contribution >= 0.6 is 0 Å². The van der Waals surface area contributed by atoms with E-state index in [0.29, 0.717) is 0 Å². The zero-order valence-corrected chi connectivity index (χ0v) is 17.5. The molecule has 0 aliphatic carbocycles. The summed E-state index contributed by atoms with van der Waals surface area (Å²) in [4.78, 5) is 9.11. The Morgan fingerprint density at radius 2 is 1.80 bits per heavy atom. The number of nitrogens with zero attached hydrogens (tertiary/aromatic N) is 4. The maximum absolute atomic E-state index is 5.24. The van der Waals surface area contributed by atoms with Crippen molar-refractivity contribution < 1.29 is 4.74 Å². The maximum atomic E-state index is 5.24. The molecule has 0 saturated carbocycles. The highest BCUT2D eigenvalue weighted by Gasteiger charge is 2.06. The fourth-order valence-electron chi connectivity index (χ4n) is 3.38. The number of ether oxygens (including phenoxy) is 1. The molecule has 2 heterocycles. The number of aromatic nitrogens is 4. The van der Waals surface area contributed by atoms with Crippen LogP contribution in [0.15, 0.2) is 67.0 Å². The summed E-state index contributed by atoms with van der Waals surface area (Å²) in [5, 5.41) is 7.70. The van der Waals surface area contributed by atoms with Gasteiger partial charge in [-0.3, -0.25) is 4.68 Å². The summed E-state index contributed by atoms with van der Waals surface area (Å²) >= 11 is 0. The van der Waals surface area contributed by atoms with Gasteiger partial charge in [0.25, 0.3) is 0 Å². The maximum Gasteiger partial charge on any atom is 0.130 e. The minimum absolute atomic E-state index is 0.740. The van der Waals surface area contributed by atoms with Gasteiger partial charge in [0, 0.05) is 37.0 Å². The number of aryl methyl sites for hydroxylation is 2. The first kappa shape index (κ1) is 19.6. The third kappa shape index (κ3) is 4.66. The Morgan fingerprint density at radius 3 is 2.53 bits per heavy atom. The summed E-state index contributed by atoms with van der Waals surface area (Å²) in [7, 11) is 3.60. The van der Waals surface area contributed by atoms with Gasteiger partial charge in [0.2, 0.25) is 0 Å². The Balaban J connectivity index is 1.43. The fraction of sp³-hybridized carbons (Fsp3) is 0.208. The summed E-state index contributed by atoms with van der Waals surface area (Å²) in [5.74, 6) is 2.40. The van der Waals surface area contributed by atoms with Gasteiger partial charge in [0.1, 0.15) is 17.4 Å². The Hall–Kier alpha value is -3.67. The van der Waals surface area contributed by atoms with Crippen LogP contribution in [0, 0.1) is 6.92 Å². The molecule has 6 heteroatoms. The molecule has 1 N–H and O–H groups in total. The monoisotopic (exact) mass is 399 g/mol. The second kappa shape index (κ2) is 8.78. The van der Waals surface area contributed by atoms with Gasteiger partial charge in [-0.25, -0.2) is 9.97 Å². The predicted molar refractivity (Wildman–Crippen MR) is 120 cm³/mol. The number of anilines is 1. The molecule has 0 radical (unpaired) electrons. The molecule has 0 saturated heterocycles. The van der Waals surface area contributed by atoms with Crippen molar-refractivity contribution in [2.24, 2.45) is 7.05 Å². The lowest BCUT2D eigenvalue weighted by Crippen LogP contribution is -2.08. The zero-order valence-electron chi connectivity index (χ0n) is 17.5. The molecule has 0 bridgehead atoms. The molecule has 6 nitrogen and oxygen atoms in total. The van der Waals surface area contributed by atoms with Gasteiger partial charge in [-0.05, 0) is 48.7 Å². The minimum Gasteiger partial charge on any atom is -0.497 e. The van der Waals surface area contributed by atoms with Crippen LogP contribution in [0.5, 0.6) is 5.75 Å². The Kier molecular flexibility index (Phi) is 5.75. The third-order valence-corrected chi connectivity index (χ3v) is 4.91. The number of benzene rings is 2. The van der Waals surface area contributed by atoms with Crippen molar-refractivity contribution in [1.82, 2.24) is 19.7 Å². The summed E-state index contributed by atoms with van der Waals surface area (Å²) in [5.41, 5.74) is 5.51. The number of rotatable bonds is 7. The van der Waals surface area contributed by atoms with Crippen molar-refractivity contribution in [2.75, 3.05) is 19.0 Å². The van der Waals surface area contributed by atoms with Crippen molar-refractivity contribution in [3.63, 3.8) is 0 Å². The number of nitrogens with one attached hydrogen (secondary N) is 1. The molecular formula is C24H25N5O. The Labute approximate surface area is 176 Å². The summed E-state index contributed by atoms with van der Waals surface area (Å²) in [6.45, 7) is 2.70. The highest BCUT2D eigenvalue weighted by molar-refractivity contribution is 5.64. The lowest BCUT2D eigenvalue weighted by molar-refractivity contribution is 0.415. The molecule has 0 spiro atoms. The van der Waals surface area contributed by atoms with E-state index in [1.165, 1.54) is 11.1 Å². The van der Waals surface area contributed by atoms with Crippen LogP contribution < -0.4 is 10.1 Å². The first-order valence-corrected chi connectivity index (χ1v) is 9.92. The molecule has 30 heavy (non-hydrogen) atoms. The summed E-state index contributed by atoms with van der Waals surface area (Å²) in [6.07, 6.45) is 4.82. The minimum atomic E-state index is 0.740. The highest BCUT2D eigenvalue weighted by Crippen LogP contribution is 2.23. The largest absolute Gasteiger partial charge is 0.497 e. The van der Waals surface area contributed by atoms with E-state index in [9.17, 15) is 0 Å². The standard InChI is InChI=1S/C24H25N5O/c1-17-27-23(19-7-9-22(30-3)10-8-19)14-24(28-17)25-12-11-18-5-4-6-20(13-18)21-15-26-29(2)16-21/h4-10,13-16H,11-12H2,1-3H3,(H,25,27,28). The number of hydrogen-bond acceptors (Lipinski definition) is 5. The van der Waals surface area contributed by atoms with E-state index in [4.69, 9.17) is 4.74 Å². The van der Waals surface area contributed by atoms with Crippen molar-refractivity contribution in [3.8, 4) is 28.1 Å². The van der Waals surface area contributed by atoms with E-state index < -0.39 is 0 Å². The first-order chi connectivity index (χ1) is 14.6. The average Bonchev–Trinajstić information content (AvgIpc) is 3.20. The summed E-state index contributed by atoms with van der Waals surface area (Å²) in [6, 6.07) is 18.5. The van der Waals surface area contributed by atoms with Crippen LogP contribution in [0.1, 0.15) is 11.4 Å². The van der Waals surface area contributed by atoms with Crippen LogP contribution in [-0.2, 0) is 13.5 Å². The van der Waals surface area contributed by atoms with Gasteiger partial charge in [-0.15, -0.1) is 0 Å². The predicted octanol–water partition coefficient (Wildman–Crippen LogP) is 4.52. The van der Waals surface area contributed by atoms with Crippen molar-refractivity contribution in [2.45, 2.75) is 13.3 Å². The quantitative estimate of drug-likeness (QED) is 0.495. The van der Waals surface area contributed by atoms with Gasteiger partial charge in [-0.1, -0.05) is 24.3 Å². The normalized spacial score (nSPS) is 10.8. The lowest BCUT2D eigenvalue weighted by Gasteiger charge is -2.10. The average molecular weight is 399 g/mol. The van der Waals surface area contributed by atoms with E-state index in [-0.39, 0.29) is 0 Å². The van der Waals surface area contributed by atoms with Crippen molar-refractivity contribution in [1.29, 1.82) is 0 Å². The van der Waals surface area contributed by atoms with Gasteiger partial charge in [0.05, 0.1) is 19.0 Å². The van der Waals surface area contributed by atoms with Gasteiger partial charge < -0.3 is 10.1 Å². The van der Waals surface area contributed by atoms with E-state index in [1.54, 1.807) is 7.11 Å². The topological polar surface area (TPSA) is 64.9 Å². The summed E-state index contributed by atoms with van der Waals surface area (Å²) < 4.78 is 7.06. The Morgan fingerprint density at radius 1 is 0.967 bits per heavy atom. The van der Waals surface area contributed by atoms with Crippen LogP contribution in [0.3, 0.4) is 0 Å². The number of hydrogen-bond donors (Lipinski definition) is 1. The molecule has 0 atom stereocenters. The zero-order chi connectivity index (χ0) is 20.9. The third-order valence-electron chi connectivity index (χ3n) is 4.91. The SMILES string of the molecule is COc1ccc(-c2cc(NCCc3cccc(-c4cnn(C)c4)c3)nc(C)n2)cc1. The lowest BCUT2D eigenvalue weighted by atomic mass is 10.0. The molecule has 0 amide bonds. The molecule has 2 aromatic heterocycles. The molecule has 0 aliphatic rings. The second-order valence-corrected chi connectivity index (χ2v) is 7.19. The van der Waals surface area contributed by atoms with E-state index in [2.05, 4.69) is 44.6 Å². The molecule has 4 aromatic rings. The van der Waals surface area contributed by atoms with Gasteiger partial charge in [0.15, 0.2) is 0 Å². The van der Waals surface area contributed by atoms with E-state index in [1.807, 2.05) is 61.4 Å². The van der Waals surface area contributed by atoms with Crippen molar-refractivity contribution >= 4 is 5.82 Å². The van der Waals surface area contributed by atoms with Crippen LogP contribution in [0.25, 0.3) is 22.4 Å². The van der Waals surface area contributed by atoms with Gasteiger partial charge >= 0.3 is 0 Å². The van der Waals surface area contributed by atoms with Crippen LogP contribution in [0.4, 0.5) is 5.82 Å². The van der Waals surface area contributed by atoms with Gasteiger partial charge in [-0.2, -0.15) is 5.10 Å². The first-order valence-electron chi connectivity index (χ1n) is 9.92. The molecule has 4 rings (SSSR count).